The van der Waals surface area contributed by atoms with Gasteiger partial charge in [-0.1, -0.05) is 6.92 Å². The monoisotopic (exact) mass is 314 g/mol. The molecule has 0 aromatic heterocycles. The van der Waals surface area contributed by atoms with Gasteiger partial charge in [-0.2, -0.15) is 5.26 Å². The number of nitrogens with one attached hydrogen (secondary N) is 1. The van der Waals surface area contributed by atoms with Gasteiger partial charge in [0.15, 0.2) is 0 Å². The molecule has 8 heteroatoms. The van der Waals surface area contributed by atoms with Gasteiger partial charge < -0.3 is 4.74 Å². The molecule has 0 saturated carbocycles. The number of ether oxygens (including phenoxy) is 1. The van der Waals surface area contributed by atoms with Crippen molar-refractivity contribution in [3.05, 3.63) is 29.6 Å². The SMILES string of the molecule is CCC(CC#N)NS(=O)(=O)c1cc(F)ccc1C(=O)OC. The van der Waals surface area contributed by atoms with Crippen LogP contribution in [-0.2, 0) is 14.8 Å². The fraction of sp³-hybridized carbons (Fsp3) is 0.385. The smallest absolute Gasteiger partial charge is 0.339 e. The fourth-order valence-corrected chi connectivity index (χ4v) is 3.18. The van der Waals surface area contributed by atoms with Crippen LogP contribution in [0.15, 0.2) is 23.1 Å². The van der Waals surface area contributed by atoms with Gasteiger partial charge in [0, 0.05) is 6.04 Å². The van der Waals surface area contributed by atoms with E-state index in [0.29, 0.717) is 6.42 Å². The molecular formula is C13H15FN2O4S. The van der Waals surface area contributed by atoms with Crippen LogP contribution in [0.4, 0.5) is 4.39 Å². The van der Waals surface area contributed by atoms with Crippen molar-refractivity contribution >= 4 is 16.0 Å². The van der Waals surface area contributed by atoms with E-state index in [1.54, 1.807) is 6.92 Å². The third kappa shape index (κ3) is 4.24. The van der Waals surface area contributed by atoms with Crippen molar-refractivity contribution in [1.82, 2.24) is 4.72 Å². The maximum Gasteiger partial charge on any atom is 0.339 e. The largest absolute Gasteiger partial charge is 0.465 e. The van der Waals surface area contributed by atoms with Gasteiger partial charge in [-0.05, 0) is 24.6 Å². The molecule has 0 radical (unpaired) electrons. The Morgan fingerprint density at radius 1 is 1.52 bits per heavy atom. The van der Waals surface area contributed by atoms with E-state index in [1.807, 2.05) is 6.07 Å². The molecule has 1 aromatic rings. The average molecular weight is 314 g/mol. The Morgan fingerprint density at radius 2 is 2.19 bits per heavy atom. The quantitative estimate of drug-likeness (QED) is 0.804. The summed E-state index contributed by atoms with van der Waals surface area (Å²) in [4.78, 5) is 11.1. The molecule has 0 aliphatic rings. The highest BCUT2D eigenvalue weighted by Crippen LogP contribution is 2.19. The Morgan fingerprint density at radius 3 is 2.71 bits per heavy atom. The molecule has 1 rings (SSSR count). The van der Waals surface area contributed by atoms with E-state index in [2.05, 4.69) is 9.46 Å². The number of methoxy groups -OCH3 is 1. The summed E-state index contributed by atoms with van der Waals surface area (Å²) in [5.74, 6) is -1.68. The summed E-state index contributed by atoms with van der Waals surface area (Å²) in [6, 6.07) is 4.00. The fourth-order valence-electron chi connectivity index (χ4n) is 1.66. The molecule has 1 unspecified atom stereocenters. The number of nitriles is 1. The van der Waals surface area contributed by atoms with E-state index in [1.165, 1.54) is 0 Å². The van der Waals surface area contributed by atoms with E-state index in [0.717, 1.165) is 25.3 Å². The number of halogens is 1. The lowest BCUT2D eigenvalue weighted by molar-refractivity contribution is 0.0596. The van der Waals surface area contributed by atoms with Crippen LogP contribution < -0.4 is 4.72 Å². The Balaban J connectivity index is 3.27. The molecule has 114 valence electrons. The lowest BCUT2D eigenvalue weighted by atomic mass is 10.2. The molecule has 0 bridgehead atoms. The van der Waals surface area contributed by atoms with Gasteiger partial charge in [-0.15, -0.1) is 0 Å². The van der Waals surface area contributed by atoms with Crippen molar-refractivity contribution in [3.63, 3.8) is 0 Å². The molecule has 0 amide bonds. The van der Waals surface area contributed by atoms with Crippen molar-refractivity contribution in [2.45, 2.75) is 30.7 Å². The maximum atomic E-state index is 13.3. The van der Waals surface area contributed by atoms with Crippen LogP contribution in [-0.4, -0.2) is 27.5 Å². The molecule has 6 nitrogen and oxygen atoms in total. The number of hydrogen-bond acceptors (Lipinski definition) is 5. The predicted molar refractivity (Wildman–Crippen MR) is 72.4 cm³/mol. The highest BCUT2D eigenvalue weighted by molar-refractivity contribution is 7.89. The van der Waals surface area contributed by atoms with E-state index in [9.17, 15) is 17.6 Å². The Labute approximate surface area is 122 Å². The third-order valence-corrected chi connectivity index (χ3v) is 4.35. The molecule has 1 N–H and O–H groups in total. The molecule has 0 saturated heterocycles. The van der Waals surface area contributed by atoms with E-state index >= 15 is 0 Å². The summed E-state index contributed by atoms with van der Waals surface area (Å²) >= 11 is 0. The summed E-state index contributed by atoms with van der Waals surface area (Å²) in [6.45, 7) is 1.71. The standard InChI is InChI=1S/C13H15FN2O4S/c1-3-10(6-7-15)16-21(18,19)12-8-9(14)4-5-11(12)13(17)20-2/h4-5,8,10,16H,3,6H2,1-2H3. The first-order valence-electron chi connectivity index (χ1n) is 6.12. The van der Waals surface area contributed by atoms with Crippen LogP contribution in [0.25, 0.3) is 0 Å². The summed E-state index contributed by atoms with van der Waals surface area (Å²) in [7, 11) is -3.05. The van der Waals surface area contributed by atoms with Crippen LogP contribution in [0.5, 0.6) is 0 Å². The van der Waals surface area contributed by atoms with Crippen molar-refractivity contribution in [2.24, 2.45) is 0 Å². The molecule has 1 aromatic carbocycles. The molecule has 0 aliphatic heterocycles. The molecule has 0 fully saturated rings. The first kappa shape index (κ1) is 17.1. The van der Waals surface area contributed by atoms with E-state index < -0.39 is 32.7 Å². The second-order valence-electron chi connectivity index (χ2n) is 4.22. The van der Waals surface area contributed by atoms with E-state index in [4.69, 9.17) is 5.26 Å². The molecule has 0 spiro atoms. The lowest BCUT2D eigenvalue weighted by Crippen LogP contribution is -2.35. The summed E-state index contributed by atoms with van der Waals surface area (Å²) < 4.78 is 44.6. The molecule has 0 aliphatic carbocycles. The lowest BCUT2D eigenvalue weighted by Gasteiger charge is -2.15. The van der Waals surface area contributed by atoms with Gasteiger partial charge in [0.1, 0.15) is 5.82 Å². The van der Waals surface area contributed by atoms with Gasteiger partial charge >= 0.3 is 5.97 Å². The Hall–Kier alpha value is -1.98. The van der Waals surface area contributed by atoms with Gasteiger partial charge in [0.25, 0.3) is 0 Å². The van der Waals surface area contributed by atoms with Crippen LogP contribution >= 0.6 is 0 Å². The number of carbonyl (C=O) groups is 1. The molecule has 21 heavy (non-hydrogen) atoms. The van der Waals surface area contributed by atoms with Crippen molar-refractivity contribution in [1.29, 1.82) is 5.26 Å². The number of hydrogen-bond donors (Lipinski definition) is 1. The van der Waals surface area contributed by atoms with Gasteiger partial charge in [-0.3, -0.25) is 0 Å². The van der Waals surface area contributed by atoms with Crippen LogP contribution in [0.3, 0.4) is 0 Å². The highest BCUT2D eigenvalue weighted by Gasteiger charge is 2.26. The Kier molecular flexibility index (Phi) is 5.81. The highest BCUT2D eigenvalue weighted by atomic mass is 32.2. The van der Waals surface area contributed by atoms with Crippen LogP contribution in [0, 0.1) is 17.1 Å². The van der Waals surface area contributed by atoms with Crippen LogP contribution in [0.2, 0.25) is 0 Å². The normalized spacial score (nSPS) is 12.5. The molecule has 0 heterocycles. The topological polar surface area (TPSA) is 96.3 Å². The Bertz CT molecular complexity index is 667. The second kappa shape index (κ2) is 7.15. The zero-order chi connectivity index (χ0) is 16.0. The maximum absolute atomic E-state index is 13.3. The first-order chi connectivity index (χ1) is 9.85. The second-order valence-corrected chi connectivity index (χ2v) is 5.90. The van der Waals surface area contributed by atoms with Crippen molar-refractivity contribution < 1.29 is 22.3 Å². The summed E-state index contributed by atoms with van der Waals surface area (Å²) in [6.07, 6.45) is 0.355. The van der Waals surface area contributed by atoms with Gasteiger partial charge in [0.05, 0.1) is 30.1 Å². The first-order valence-corrected chi connectivity index (χ1v) is 7.61. The minimum Gasteiger partial charge on any atom is -0.465 e. The van der Waals surface area contributed by atoms with Gasteiger partial charge in [0.2, 0.25) is 10.0 Å². The minimum atomic E-state index is -4.14. The zero-order valence-corrected chi connectivity index (χ0v) is 12.4. The molecular weight excluding hydrogens is 299 g/mol. The predicted octanol–water partition coefficient (Wildman–Crippen LogP) is 1.58. The number of nitrogens with zero attached hydrogens (tertiary/aromatic N) is 1. The number of sulfonamides is 1. The van der Waals surface area contributed by atoms with Gasteiger partial charge in [-0.25, -0.2) is 22.3 Å². The molecule has 1 atom stereocenters. The number of esters is 1. The number of benzene rings is 1. The van der Waals surface area contributed by atoms with E-state index in [-0.39, 0.29) is 12.0 Å². The van der Waals surface area contributed by atoms with Crippen molar-refractivity contribution in [3.8, 4) is 6.07 Å². The average Bonchev–Trinajstić information content (AvgIpc) is 2.45. The van der Waals surface area contributed by atoms with Crippen LogP contribution in [0.1, 0.15) is 30.1 Å². The summed E-state index contributed by atoms with van der Waals surface area (Å²) in [5.41, 5.74) is -0.266. The zero-order valence-electron chi connectivity index (χ0n) is 11.6. The summed E-state index contributed by atoms with van der Waals surface area (Å²) in [5, 5.41) is 8.64. The number of carbonyl (C=O) groups excluding carboxylic acids is 1. The number of rotatable bonds is 6. The van der Waals surface area contributed by atoms with Crippen molar-refractivity contribution in [2.75, 3.05) is 7.11 Å². The minimum absolute atomic E-state index is 0.0292. The third-order valence-electron chi connectivity index (χ3n) is 2.79.